The molecule has 1 amide bonds. The van der Waals surface area contributed by atoms with Crippen molar-refractivity contribution >= 4 is 11.7 Å². The third kappa shape index (κ3) is 3.06. The van der Waals surface area contributed by atoms with E-state index in [0.29, 0.717) is 43.9 Å². The number of benzene rings is 1. The molecule has 27 heavy (non-hydrogen) atoms. The van der Waals surface area contributed by atoms with Crippen LogP contribution in [0.25, 0.3) is 0 Å². The summed E-state index contributed by atoms with van der Waals surface area (Å²) >= 11 is 0. The zero-order valence-corrected chi connectivity index (χ0v) is 15.2. The number of piperidine rings is 1. The van der Waals surface area contributed by atoms with Gasteiger partial charge in [0.15, 0.2) is 0 Å². The van der Waals surface area contributed by atoms with Gasteiger partial charge in [-0.25, -0.2) is 13.8 Å². The van der Waals surface area contributed by atoms with Crippen LogP contribution in [0.3, 0.4) is 0 Å². The van der Waals surface area contributed by atoms with E-state index in [-0.39, 0.29) is 18.0 Å². The number of anilines is 1. The number of likely N-dealkylation sites (tertiary alicyclic amines) is 1. The third-order valence-electron chi connectivity index (χ3n) is 5.59. The highest BCUT2D eigenvalue weighted by Gasteiger charge is 2.45. The Morgan fingerprint density at radius 2 is 1.85 bits per heavy atom. The van der Waals surface area contributed by atoms with Crippen LogP contribution in [0.4, 0.5) is 14.6 Å². The van der Waals surface area contributed by atoms with Gasteiger partial charge < -0.3 is 10.2 Å². The van der Waals surface area contributed by atoms with Crippen molar-refractivity contribution in [1.29, 1.82) is 0 Å². The van der Waals surface area contributed by atoms with Crippen LogP contribution < -0.4 is 10.2 Å². The zero-order chi connectivity index (χ0) is 19.0. The van der Waals surface area contributed by atoms with E-state index in [4.69, 9.17) is 0 Å². The molecule has 2 aliphatic rings. The minimum absolute atomic E-state index is 0.0977. The first-order valence-electron chi connectivity index (χ1n) is 9.24. The lowest BCUT2D eigenvalue weighted by molar-refractivity contribution is 0.0759. The summed E-state index contributed by atoms with van der Waals surface area (Å²) in [5.41, 5.74) is 0.179. The van der Waals surface area contributed by atoms with Crippen molar-refractivity contribution in [3.8, 4) is 0 Å². The molecule has 0 saturated carbocycles. The maximum atomic E-state index is 13.9. The Morgan fingerprint density at radius 3 is 2.52 bits per heavy atom. The number of nitrogens with zero attached hydrogens (tertiary/aromatic N) is 3. The second-order valence-electron chi connectivity index (χ2n) is 7.08. The summed E-state index contributed by atoms with van der Waals surface area (Å²) in [6, 6.07) is 7.48. The maximum absolute atomic E-state index is 13.9. The van der Waals surface area contributed by atoms with Crippen molar-refractivity contribution in [2.45, 2.75) is 32.0 Å². The average Bonchev–Trinajstić information content (AvgIpc) is 2.67. The van der Waals surface area contributed by atoms with E-state index in [0.717, 1.165) is 0 Å². The Bertz CT molecular complexity index is 845. The van der Waals surface area contributed by atoms with Crippen LogP contribution in [0, 0.1) is 11.6 Å². The van der Waals surface area contributed by atoms with Crippen molar-refractivity contribution in [2.75, 3.05) is 24.5 Å². The first-order valence-corrected chi connectivity index (χ1v) is 9.24. The molecule has 0 bridgehead atoms. The van der Waals surface area contributed by atoms with Gasteiger partial charge in [0.2, 0.25) is 0 Å². The monoisotopic (exact) mass is 372 g/mol. The van der Waals surface area contributed by atoms with Gasteiger partial charge in [0.25, 0.3) is 5.91 Å². The SMILES string of the molecule is CCN1c2ncccc2C(=O)NC12CCN(Cc1c(F)cccc1F)CC2. The molecule has 2 aliphatic heterocycles. The van der Waals surface area contributed by atoms with Crippen molar-refractivity contribution in [3.05, 3.63) is 59.3 Å². The third-order valence-corrected chi connectivity index (χ3v) is 5.59. The number of hydrogen-bond donors (Lipinski definition) is 1. The lowest BCUT2D eigenvalue weighted by Gasteiger charge is -2.52. The minimum atomic E-state index is -0.519. The second kappa shape index (κ2) is 6.88. The summed E-state index contributed by atoms with van der Waals surface area (Å²) in [7, 11) is 0. The largest absolute Gasteiger partial charge is 0.333 e. The van der Waals surface area contributed by atoms with Gasteiger partial charge in [0.1, 0.15) is 23.1 Å². The van der Waals surface area contributed by atoms with Gasteiger partial charge in [0, 0.05) is 50.8 Å². The summed E-state index contributed by atoms with van der Waals surface area (Å²) < 4.78 is 27.9. The number of rotatable bonds is 3. The molecular weight excluding hydrogens is 350 g/mol. The first-order chi connectivity index (χ1) is 13.0. The van der Waals surface area contributed by atoms with Crippen molar-refractivity contribution in [2.24, 2.45) is 0 Å². The van der Waals surface area contributed by atoms with Gasteiger partial charge in [0.05, 0.1) is 5.56 Å². The van der Waals surface area contributed by atoms with Crippen molar-refractivity contribution in [1.82, 2.24) is 15.2 Å². The Hall–Kier alpha value is -2.54. The smallest absolute Gasteiger partial charge is 0.256 e. The number of nitrogens with one attached hydrogen (secondary N) is 1. The molecule has 2 aromatic rings. The van der Waals surface area contributed by atoms with Crippen LogP contribution >= 0.6 is 0 Å². The van der Waals surface area contributed by atoms with Crippen LogP contribution in [0.2, 0.25) is 0 Å². The number of fused-ring (bicyclic) bond motifs is 1. The topological polar surface area (TPSA) is 48.5 Å². The molecule has 0 atom stereocenters. The van der Waals surface area contributed by atoms with E-state index in [1.807, 2.05) is 11.8 Å². The lowest BCUT2D eigenvalue weighted by Crippen LogP contribution is -2.67. The number of carbonyl (C=O) groups is 1. The first kappa shape index (κ1) is 17.9. The molecule has 0 radical (unpaired) electrons. The minimum Gasteiger partial charge on any atom is -0.333 e. The molecule has 1 N–H and O–H groups in total. The van der Waals surface area contributed by atoms with Crippen LogP contribution in [0.5, 0.6) is 0 Å². The molecule has 1 aromatic carbocycles. The zero-order valence-electron chi connectivity index (χ0n) is 15.2. The molecule has 4 rings (SSSR count). The number of carbonyl (C=O) groups excluding carboxylic acids is 1. The van der Waals surface area contributed by atoms with Gasteiger partial charge in [-0.15, -0.1) is 0 Å². The number of halogens is 2. The quantitative estimate of drug-likeness (QED) is 0.900. The van der Waals surface area contributed by atoms with Gasteiger partial charge in [-0.2, -0.15) is 0 Å². The molecule has 7 heteroatoms. The van der Waals surface area contributed by atoms with Crippen LogP contribution in [0.15, 0.2) is 36.5 Å². The van der Waals surface area contributed by atoms with E-state index < -0.39 is 17.3 Å². The molecule has 0 unspecified atom stereocenters. The Balaban J connectivity index is 1.53. The second-order valence-corrected chi connectivity index (χ2v) is 7.08. The van der Waals surface area contributed by atoms with Crippen LogP contribution in [0.1, 0.15) is 35.7 Å². The lowest BCUT2D eigenvalue weighted by atomic mass is 9.91. The predicted octanol–water partition coefficient (Wildman–Crippen LogP) is 2.92. The van der Waals surface area contributed by atoms with Crippen molar-refractivity contribution in [3.63, 3.8) is 0 Å². The van der Waals surface area contributed by atoms with Gasteiger partial charge in [-0.05, 0) is 31.2 Å². The maximum Gasteiger partial charge on any atom is 0.256 e. The van der Waals surface area contributed by atoms with E-state index in [1.165, 1.54) is 18.2 Å². The molecule has 1 spiro atoms. The fourth-order valence-corrected chi connectivity index (χ4v) is 4.17. The predicted molar refractivity (Wildman–Crippen MR) is 98.3 cm³/mol. The Labute approximate surface area is 157 Å². The molecule has 142 valence electrons. The molecule has 1 saturated heterocycles. The van der Waals surface area contributed by atoms with E-state index >= 15 is 0 Å². The standard InChI is InChI=1S/C20H22F2N4O/c1-2-26-18-14(5-4-10-23-18)19(27)24-20(26)8-11-25(12-9-20)13-15-16(21)6-3-7-17(15)22/h3-7,10H,2,8-9,11-13H2,1H3,(H,24,27). The highest BCUT2D eigenvalue weighted by atomic mass is 19.1. The summed E-state index contributed by atoms with van der Waals surface area (Å²) in [5, 5.41) is 3.17. The summed E-state index contributed by atoms with van der Waals surface area (Å²) in [4.78, 5) is 21.2. The van der Waals surface area contributed by atoms with E-state index in [2.05, 4.69) is 15.2 Å². The summed E-state index contributed by atoms with van der Waals surface area (Å²) in [6.45, 7) is 4.24. The number of aromatic nitrogens is 1. The van der Waals surface area contributed by atoms with Crippen LogP contribution in [-0.4, -0.2) is 41.1 Å². The average molecular weight is 372 g/mol. The van der Waals surface area contributed by atoms with Gasteiger partial charge in [-0.1, -0.05) is 6.07 Å². The molecular formula is C20H22F2N4O. The fourth-order valence-electron chi connectivity index (χ4n) is 4.17. The number of pyridine rings is 1. The number of hydrogen-bond acceptors (Lipinski definition) is 4. The van der Waals surface area contributed by atoms with E-state index in [9.17, 15) is 13.6 Å². The fraction of sp³-hybridized carbons (Fsp3) is 0.400. The summed E-state index contributed by atoms with van der Waals surface area (Å²) in [5.74, 6) is -0.446. The molecule has 0 aliphatic carbocycles. The Kier molecular flexibility index (Phi) is 4.55. The number of amides is 1. The Morgan fingerprint density at radius 1 is 1.15 bits per heavy atom. The normalized spacial score (nSPS) is 19.1. The molecule has 1 aromatic heterocycles. The van der Waals surface area contributed by atoms with Crippen molar-refractivity contribution < 1.29 is 13.6 Å². The highest BCUT2D eigenvalue weighted by Crippen LogP contribution is 2.36. The van der Waals surface area contributed by atoms with Gasteiger partial charge >= 0.3 is 0 Å². The molecule has 3 heterocycles. The molecule has 5 nitrogen and oxygen atoms in total. The summed E-state index contributed by atoms with van der Waals surface area (Å²) in [6.07, 6.45) is 3.03. The molecule has 1 fully saturated rings. The highest BCUT2D eigenvalue weighted by molar-refractivity contribution is 6.01. The van der Waals surface area contributed by atoms with Crippen LogP contribution in [-0.2, 0) is 6.54 Å². The van der Waals surface area contributed by atoms with E-state index in [1.54, 1.807) is 18.3 Å². The van der Waals surface area contributed by atoms with Gasteiger partial charge in [-0.3, -0.25) is 9.69 Å².